The summed E-state index contributed by atoms with van der Waals surface area (Å²) >= 11 is 0. The Morgan fingerprint density at radius 1 is 1.24 bits per heavy atom. The fourth-order valence-corrected chi connectivity index (χ4v) is 1.72. The molecule has 21 heavy (non-hydrogen) atoms. The van der Waals surface area contributed by atoms with Gasteiger partial charge in [0.2, 0.25) is 0 Å². The minimum Gasteiger partial charge on any atom is -0.465 e. The number of furan rings is 1. The van der Waals surface area contributed by atoms with Crippen LogP contribution in [0.3, 0.4) is 0 Å². The van der Waals surface area contributed by atoms with Crippen LogP contribution >= 0.6 is 0 Å². The number of alkyl halides is 3. The van der Waals surface area contributed by atoms with Crippen LogP contribution in [0.4, 0.5) is 17.6 Å². The molecule has 0 unspecified atom stereocenters. The monoisotopic (exact) mass is 301 g/mol. The molecule has 0 saturated heterocycles. The third-order valence-corrected chi connectivity index (χ3v) is 2.76. The molecule has 0 atom stereocenters. The van der Waals surface area contributed by atoms with Crippen molar-refractivity contribution in [1.82, 2.24) is 5.32 Å². The smallest absolute Gasteiger partial charge is 0.416 e. The lowest BCUT2D eigenvalue weighted by Crippen LogP contribution is -2.24. The molecule has 0 spiro atoms. The van der Waals surface area contributed by atoms with E-state index in [4.69, 9.17) is 4.42 Å². The number of hydrogen-bond donors (Lipinski definition) is 1. The van der Waals surface area contributed by atoms with E-state index in [0.717, 1.165) is 0 Å². The Morgan fingerprint density at radius 3 is 2.52 bits per heavy atom. The first-order valence-corrected chi connectivity index (χ1v) is 5.97. The van der Waals surface area contributed by atoms with Gasteiger partial charge in [0, 0.05) is 0 Å². The van der Waals surface area contributed by atoms with Crippen LogP contribution < -0.4 is 5.32 Å². The first-order valence-electron chi connectivity index (χ1n) is 5.97. The molecule has 0 fully saturated rings. The van der Waals surface area contributed by atoms with Crippen LogP contribution in [-0.2, 0) is 12.7 Å². The summed E-state index contributed by atoms with van der Waals surface area (Å²) in [5, 5.41) is 2.31. The molecule has 112 valence electrons. The highest BCUT2D eigenvalue weighted by molar-refractivity contribution is 5.94. The van der Waals surface area contributed by atoms with Crippen molar-refractivity contribution in [2.45, 2.75) is 19.6 Å². The molecule has 3 nitrogen and oxygen atoms in total. The Morgan fingerprint density at radius 2 is 1.95 bits per heavy atom. The lowest BCUT2D eigenvalue weighted by molar-refractivity contribution is -0.137. The van der Waals surface area contributed by atoms with Gasteiger partial charge in [-0.1, -0.05) is 0 Å². The second-order valence-electron chi connectivity index (χ2n) is 4.39. The third kappa shape index (κ3) is 3.62. The van der Waals surface area contributed by atoms with E-state index >= 15 is 0 Å². The van der Waals surface area contributed by atoms with Crippen LogP contribution in [-0.4, -0.2) is 5.91 Å². The second-order valence-corrected chi connectivity index (χ2v) is 4.39. The molecule has 0 radical (unpaired) electrons. The highest BCUT2D eigenvalue weighted by Crippen LogP contribution is 2.30. The highest BCUT2D eigenvalue weighted by Gasteiger charge is 2.31. The average Bonchev–Trinajstić information content (AvgIpc) is 2.81. The van der Waals surface area contributed by atoms with Crippen molar-refractivity contribution in [2.24, 2.45) is 0 Å². The maximum absolute atomic E-state index is 13.5. The van der Waals surface area contributed by atoms with Crippen molar-refractivity contribution >= 4 is 5.91 Å². The Balaban J connectivity index is 2.15. The molecule has 0 bridgehead atoms. The molecular weight excluding hydrogens is 290 g/mol. The molecule has 0 aliphatic heterocycles. The average molecular weight is 301 g/mol. The molecule has 1 aromatic heterocycles. The van der Waals surface area contributed by atoms with Crippen LogP contribution in [0.1, 0.15) is 27.4 Å². The number of nitrogens with one attached hydrogen (secondary N) is 1. The van der Waals surface area contributed by atoms with Crippen LogP contribution in [0.15, 0.2) is 34.7 Å². The molecule has 0 saturated carbocycles. The largest absolute Gasteiger partial charge is 0.465 e. The SMILES string of the molecule is Cc1ccc(CNC(=O)c2cc(C(F)(F)F)ccc2F)o1. The summed E-state index contributed by atoms with van der Waals surface area (Å²) < 4.78 is 56.3. The zero-order valence-electron chi connectivity index (χ0n) is 10.9. The van der Waals surface area contributed by atoms with Gasteiger partial charge >= 0.3 is 6.18 Å². The predicted molar refractivity (Wildman–Crippen MR) is 66.0 cm³/mol. The van der Waals surface area contributed by atoms with E-state index in [9.17, 15) is 22.4 Å². The molecule has 1 amide bonds. The van der Waals surface area contributed by atoms with E-state index in [1.807, 2.05) is 0 Å². The quantitative estimate of drug-likeness (QED) is 0.879. The maximum Gasteiger partial charge on any atom is 0.416 e. The fraction of sp³-hybridized carbons (Fsp3) is 0.214. The van der Waals surface area contributed by atoms with E-state index in [1.54, 1.807) is 19.1 Å². The van der Waals surface area contributed by atoms with Crippen molar-refractivity contribution in [3.05, 3.63) is 58.8 Å². The van der Waals surface area contributed by atoms with Crippen LogP contribution in [0, 0.1) is 12.7 Å². The lowest BCUT2D eigenvalue weighted by atomic mass is 10.1. The fourth-order valence-electron chi connectivity index (χ4n) is 1.72. The number of carbonyl (C=O) groups is 1. The van der Waals surface area contributed by atoms with E-state index in [2.05, 4.69) is 5.32 Å². The van der Waals surface area contributed by atoms with Gasteiger partial charge in [0.15, 0.2) is 0 Å². The summed E-state index contributed by atoms with van der Waals surface area (Å²) in [4.78, 5) is 11.8. The molecule has 1 heterocycles. The van der Waals surface area contributed by atoms with E-state index in [1.165, 1.54) is 0 Å². The van der Waals surface area contributed by atoms with Gasteiger partial charge in [0.1, 0.15) is 17.3 Å². The van der Waals surface area contributed by atoms with Crippen molar-refractivity contribution in [3.8, 4) is 0 Å². The van der Waals surface area contributed by atoms with Crippen molar-refractivity contribution in [1.29, 1.82) is 0 Å². The van der Waals surface area contributed by atoms with Crippen LogP contribution in [0.5, 0.6) is 0 Å². The molecular formula is C14H11F4NO2. The number of benzene rings is 1. The Hall–Kier alpha value is -2.31. The van der Waals surface area contributed by atoms with Gasteiger partial charge < -0.3 is 9.73 Å². The van der Waals surface area contributed by atoms with Crippen LogP contribution in [0.25, 0.3) is 0 Å². The molecule has 0 aliphatic rings. The van der Waals surface area contributed by atoms with E-state index in [-0.39, 0.29) is 6.54 Å². The van der Waals surface area contributed by atoms with Crippen molar-refractivity contribution in [3.63, 3.8) is 0 Å². The molecule has 1 aromatic carbocycles. The Kier molecular flexibility index (Phi) is 4.02. The minimum atomic E-state index is -4.64. The van der Waals surface area contributed by atoms with Crippen molar-refractivity contribution in [2.75, 3.05) is 0 Å². The first-order chi connectivity index (χ1) is 9.77. The van der Waals surface area contributed by atoms with Gasteiger partial charge in [-0.15, -0.1) is 0 Å². The number of carbonyl (C=O) groups excluding carboxylic acids is 1. The molecule has 2 rings (SSSR count). The van der Waals surface area contributed by atoms with Crippen molar-refractivity contribution < 1.29 is 26.8 Å². The standard InChI is InChI=1S/C14H11F4NO2/c1-8-2-4-10(21-8)7-19-13(20)11-6-9(14(16,17)18)3-5-12(11)15/h2-6H,7H2,1H3,(H,19,20). The minimum absolute atomic E-state index is 0.0393. The first kappa shape index (κ1) is 15.1. The summed E-state index contributed by atoms with van der Waals surface area (Å²) in [6.45, 7) is 1.67. The highest BCUT2D eigenvalue weighted by atomic mass is 19.4. The Labute approximate surface area is 117 Å². The van der Waals surface area contributed by atoms with Gasteiger partial charge in [-0.3, -0.25) is 4.79 Å². The van der Waals surface area contributed by atoms with Gasteiger partial charge in [-0.25, -0.2) is 4.39 Å². The maximum atomic E-state index is 13.5. The third-order valence-electron chi connectivity index (χ3n) is 2.76. The van der Waals surface area contributed by atoms with Gasteiger partial charge in [-0.2, -0.15) is 13.2 Å². The van der Waals surface area contributed by atoms with Gasteiger partial charge in [0.05, 0.1) is 17.7 Å². The summed E-state index contributed by atoms with van der Waals surface area (Å²) in [5.41, 5.74) is -1.74. The zero-order chi connectivity index (χ0) is 15.6. The number of halogens is 4. The molecule has 7 heteroatoms. The van der Waals surface area contributed by atoms with E-state index < -0.39 is 29.0 Å². The number of amides is 1. The van der Waals surface area contributed by atoms with Crippen LogP contribution in [0.2, 0.25) is 0 Å². The predicted octanol–water partition coefficient (Wildman–Crippen LogP) is 3.68. The zero-order valence-corrected chi connectivity index (χ0v) is 10.9. The normalized spacial score (nSPS) is 11.5. The Bertz CT molecular complexity index is 661. The molecule has 0 aliphatic carbocycles. The second kappa shape index (κ2) is 5.59. The lowest BCUT2D eigenvalue weighted by Gasteiger charge is -2.09. The summed E-state index contributed by atoms with van der Waals surface area (Å²) in [6.07, 6.45) is -4.64. The molecule has 2 aromatic rings. The van der Waals surface area contributed by atoms with E-state index in [0.29, 0.717) is 29.7 Å². The number of rotatable bonds is 3. The summed E-state index contributed by atoms with van der Waals surface area (Å²) in [5.74, 6) is -0.901. The number of aryl methyl sites for hydroxylation is 1. The van der Waals surface area contributed by atoms with Gasteiger partial charge in [-0.05, 0) is 37.3 Å². The summed E-state index contributed by atoms with van der Waals surface area (Å²) in [7, 11) is 0. The van der Waals surface area contributed by atoms with Gasteiger partial charge in [0.25, 0.3) is 5.91 Å². The molecule has 1 N–H and O–H groups in total. The number of hydrogen-bond acceptors (Lipinski definition) is 2. The summed E-state index contributed by atoms with van der Waals surface area (Å²) in [6, 6.07) is 4.97. The topological polar surface area (TPSA) is 42.2 Å².